The van der Waals surface area contributed by atoms with Crippen LogP contribution in [-0.4, -0.2) is 31.9 Å². The zero-order valence-electron chi connectivity index (χ0n) is 12.7. The van der Waals surface area contributed by atoms with Crippen LogP contribution in [-0.2, 0) is 19.4 Å². The molecule has 1 N–H and O–H groups in total. The summed E-state index contributed by atoms with van der Waals surface area (Å²) in [6.45, 7) is 6.64. The molecule has 0 bridgehead atoms. The fourth-order valence-electron chi connectivity index (χ4n) is 2.11. The van der Waals surface area contributed by atoms with Gasteiger partial charge in [0.2, 0.25) is 5.91 Å². The van der Waals surface area contributed by atoms with E-state index in [-0.39, 0.29) is 16.6 Å². The Morgan fingerprint density at radius 3 is 2.24 bits per heavy atom. The van der Waals surface area contributed by atoms with Gasteiger partial charge in [-0.25, -0.2) is 8.42 Å². The third-order valence-electron chi connectivity index (χ3n) is 3.17. The molecule has 0 radical (unpaired) electrons. The normalized spacial score (nSPS) is 13.0. The van der Waals surface area contributed by atoms with Gasteiger partial charge in [0.15, 0.2) is 15.6 Å². The first-order valence-electron chi connectivity index (χ1n) is 6.73. The number of hydrogen-bond donors (Lipinski definition) is 1. The van der Waals surface area contributed by atoms with Crippen LogP contribution in [0.2, 0.25) is 0 Å². The quantitative estimate of drug-likeness (QED) is 0.863. The molecule has 1 atom stereocenters. The van der Waals surface area contributed by atoms with E-state index in [0.29, 0.717) is 5.56 Å². The van der Waals surface area contributed by atoms with Crippen LogP contribution in [0.5, 0.6) is 0 Å². The van der Waals surface area contributed by atoms with Gasteiger partial charge >= 0.3 is 0 Å². The van der Waals surface area contributed by atoms with E-state index >= 15 is 0 Å². The van der Waals surface area contributed by atoms with Crippen molar-refractivity contribution in [2.75, 3.05) is 5.75 Å². The third kappa shape index (κ3) is 4.67. The maximum absolute atomic E-state index is 12.2. The number of rotatable bonds is 6. The van der Waals surface area contributed by atoms with Gasteiger partial charge in [-0.3, -0.25) is 9.59 Å². The number of benzene rings is 1. The van der Waals surface area contributed by atoms with Crippen LogP contribution >= 0.6 is 0 Å². The van der Waals surface area contributed by atoms with Crippen molar-refractivity contribution in [1.82, 2.24) is 5.32 Å². The van der Waals surface area contributed by atoms with Crippen molar-refractivity contribution < 1.29 is 18.0 Å². The highest BCUT2D eigenvalue weighted by atomic mass is 32.2. The molecule has 0 saturated carbocycles. The Kier molecular flexibility index (Phi) is 5.66. The molecule has 1 aromatic rings. The minimum atomic E-state index is -3.71. The lowest BCUT2D eigenvalue weighted by Gasteiger charge is -2.19. The molecule has 1 amide bonds. The molecule has 1 aromatic carbocycles. The number of aryl methyl sites for hydroxylation is 1. The Bertz CT molecular complexity index is 635. The van der Waals surface area contributed by atoms with Crippen molar-refractivity contribution in [1.29, 1.82) is 0 Å². The SMILES string of the molecule is CC(=O)C(NC(=O)CS(=O)(=O)c1ccccc1C)C(C)C. The average Bonchev–Trinajstić information content (AvgIpc) is 2.34. The Hall–Kier alpha value is -1.69. The minimum Gasteiger partial charge on any atom is -0.345 e. The predicted molar refractivity (Wildman–Crippen MR) is 80.7 cm³/mol. The Morgan fingerprint density at radius 2 is 1.76 bits per heavy atom. The number of carbonyl (C=O) groups is 2. The standard InChI is InChI=1S/C15H21NO4S/c1-10(2)15(12(4)17)16-14(18)9-21(19,20)13-8-6-5-7-11(13)3/h5-8,10,15H,9H2,1-4H3,(H,16,18). The van der Waals surface area contributed by atoms with E-state index in [2.05, 4.69) is 5.32 Å². The molecule has 116 valence electrons. The van der Waals surface area contributed by atoms with Crippen molar-refractivity contribution in [3.8, 4) is 0 Å². The van der Waals surface area contributed by atoms with E-state index in [1.165, 1.54) is 13.0 Å². The van der Waals surface area contributed by atoms with Gasteiger partial charge in [-0.05, 0) is 31.4 Å². The molecule has 0 aliphatic heterocycles. The summed E-state index contributed by atoms with van der Waals surface area (Å²) in [5, 5.41) is 2.49. The van der Waals surface area contributed by atoms with Gasteiger partial charge in [-0.1, -0.05) is 32.0 Å². The molecule has 0 fully saturated rings. The molecule has 0 spiro atoms. The maximum atomic E-state index is 12.2. The number of hydrogen-bond acceptors (Lipinski definition) is 4. The lowest BCUT2D eigenvalue weighted by atomic mass is 10.0. The topological polar surface area (TPSA) is 80.3 Å². The van der Waals surface area contributed by atoms with Crippen molar-refractivity contribution >= 4 is 21.5 Å². The first kappa shape index (κ1) is 17.4. The largest absolute Gasteiger partial charge is 0.345 e. The first-order valence-corrected chi connectivity index (χ1v) is 8.38. The average molecular weight is 311 g/mol. The lowest BCUT2D eigenvalue weighted by molar-refractivity contribution is -0.126. The zero-order chi connectivity index (χ0) is 16.2. The first-order chi connectivity index (χ1) is 9.65. The smallest absolute Gasteiger partial charge is 0.236 e. The highest BCUT2D eigenvalue weighted by Gasteiger charge is 2.25. The zero-order valence-corrected chi connectivity index (χ0v) is 13.5. The molecule has 1 rings (SSSR count). The fraction of sp³-hybridized carbons (Fsp3) is 0.467. The molecular weight excluding hydrogens is 290 g/mol. The van der Waals surface area contributed by atoms with Crippen LogP contribution in [0.15, 0.2) is 29.2 Å². The lowest BCUT2D eigenvalue weighted by Crippen LogP contribution is -2.45. The van der Waals surface area contributed by atoms with Gasteiger partial charge in [0.25, 0.3) is 0 Å². The molecule has 0 saturated heterocycles. The number of carbonyl (C=O) groups excluding carboxylic acids is 2. The summed E-state index contributed by atoms with van der Waals surface area (Å²) in [4.78, 5) is 23.5. The Balaban J connectivity index is 2.88. The number of amides is 1. The summed E-state index contributed by atoms with van der Waals surface area (Å²) in [5.74, 6) is -1.60. The second-order valence-electron chi connectivity index (χ2n) is 5.42. The number of nitrogens with one attached hydrogen (secondary N) is 1. The summed E-state index contributed by atoms with van der Waals surface area (Å²) in [6.07, 6.45) is 0. The number of Topliss-reactive ketones (excluding diaryl/α,β-unsaturated/α-hetero) is 1. The number of sulfone groups is 1. The number of ketones is 1. The van der Waals surface area contributed by atoms with Crippen LogP contribution in [0.1, 0.15) is 26.3 Å². The van der Waals surface area contributed by atoms with Gasteiger partial charge < -0.3 is 5.32 Å². The summed E-state index contributed by atoms with van der Waals surface area (Å²) in [6, 6.07) is 5.84. The van der Waals surface area contributed by atoms with Crippen molar-refractivity contribution in [3.05, 3.63) is 29.8 Å². The molecule has 0 aliphatic rings. The van der Waals surface area contributed by atoms with Gasteiger partial charge in [-0.2, -0.15) is 0 Å². The van der Waals surface area contributed by atoms with Gasteiger partial charge in [-0.15, -0.1) is 0 Å². The van der Waals surface area contributed by atoms with Crippen LogP contribution < -0.4 is 5.32 Å². The highest BCUT2D eigenvalue weighted by molar-refractivity contribution is 7.92. The van der Waals surface area contributed by atoms with Gasteiger partial charge in [0.1, 0.15) is 5.75 Å². The van der Waals surface area contributed by atoms with Crippen LogP contribution in [0.3, 0.4) is 0 Å². The van der Waals surface area contributed by atoms with Gasteiger partial charge in [0.05, 0.1) is 10.9 Å². The Morgan fingerprint density at radius 1 is 1.19 bits per heavy atom. The van der Waals surface area contributed by atoms with Crippen molar-refractivity contribution in [2.45, 2.75) is 38.6 Å². The van der Waals surface area contributed by atoms with E-state index in [9.17, 15) is 18.0 Å². The minimum absolute atomic E-state index is 0.0902. The fourth-order valence-corrected chi connectivity index (χ4v) is 3.54. The molecule has 5 nitrogen and oxygen atoms in total. The van der Waals surface area contributed by atoms with Crippen molar-refractivity contribution in [3.63, 3.8) is 0 Å². The molecule has 6 heteroatoms. The monoisotopic (exact) mass is 311 g/mol. The summed E-state index contributed by atoms with van der Waals surface area (Å²) in [5.41, 5.74) is 0.595. The summed E-state index contributed by atoms with van der Waals surface area (Å²) < 4.78 is 24.5. The molecule has 1 unspecified atom stereocenters. The second-order valence-corrected chi connectivity index (χ2v) is 7.38. The highest BCUT2D eigenvalue weighted by Crippen LogP contribution is 2.16. The van der Waals surface area contributed by atoms with Crippen LogP contribution in [0.4, 0.5) is 0 Å². The van der Waals surface area contributed by atoms with E-state index < -0.39 is 27.5 Å². The van der Waals surface area contributed by atoms with E-state index in [4.69, 9.17) is 0 Å². The molecule has 0 aliphatic carbocycles. The van der Waals surface area contributed by atoms with E-state index in [1.807, 2.05) is 0 Å². The molecular formula is C15H21NO4S. The summed E-state index contributed by atoms with van der Waals surface area (Å²) >= 11 is 0. The van der Waals surface area contributed by atoms with Crippen LogP contribution in [0.25, 0.3) is 0 Å². The predicted octanol–water partition coefficient (Wildman–Crippen LogP) is 1.50. The summed E-state index contributed by atoms with van der Waals surface area (Å²) in [7, 11) is -3.71. The maximum Gasteiger partial charge on any atom is 0.236 e. The van der Waals surface area contributed by atoms with E-state index in [0.717, 1.165) is 0 Å². The van der Waals surface area contributed by atoms with E-state index in [1.54, 1.807) is 39.0 Å². The van der Waals surface area contributed by atoms with Gasteiger partial charge in [0, 0.05) is 0 Å². The third-order valence-corrected chi connectivity index (χ3v) is 4.94. The Labute approximate surface area is 125 Å². The molecule has 21 heavy (non-hydrogen) atoms. The second kappa shape index (κ2) is 6.85. The van der Waals surface area contributed by atoms with Crippen LogP contribution in [0, 0.1) is 12.8 Å². The van der Waals surface area contributed by atoms with Crippen molar-refractivity contribution in [2.24, 2.45) is 5.92 Å². The molecule has 0 aromatic heterocycles. The molecule has 0 heterocycles.